The van der Waals surface area contributed by atoms with E-state index in [1.165, 1.54) is 5.56 Å². The first-order chi connectivity index (χ1) is 8.69. The lowest BCUT2D eigenvalue weighted by Gasteiger charge is -2.05. The molecule has 2 aromatic rings. The predicted molar refractivity (Wildman–Crippen MR) is 73.5 cm³/mol. The molecule has 18 heavy (non-hydrogen) atoms. The largest absolute Gasteiger partial charge is 0.290 e. The van der Waals surface area contributed by atoms with E-state index in [2.05, 4.69) is 10.5 Å². The monoisotopic (exact) mass is 240 g/mol. The number of nitrogens with one attached hydrogen (secondary N) is 1. The van der Waals surface area contributed by atoms with E-state index >= 15 is 0 Å². The van der Waals surface area contributed by atoms with Crippen molar-refractivity contribution in [2.75, 3.05) is 0 Å². The van der Waals surface area contributed by atoms with Crippen molar-refractivity contribution in [2.24, 2.45) is 4.99 Å². The number of benzene rings is 2. The first-order valence-electron chi connectivity index (χ1n) is 5.81. The molecule has 92 valence electrons. The second kappa shape index (κ2) is 5.47. The molecule has 0 aliphatic heterocycles. The van der Waals surface area contributed by atoms with Gasteiger partial charge in [0.2, 0.25) is 0 Å². The lowest BCUT2D eigenvalue weighted by molar-refractivity contribution is 0.235. The highest BCUT2D eigenvalue weighted by Crippen LogP contribution is 2.15. The van der Waals surface area contributed by atoms with Gasteiger partial charge in [-0.05, 0) is 31.5 Å². The van der Waals surface area contributed by atoms with Crippen molar-refractivity contribution in [3.05, 3.63) is 65.2 Å². The van der Waals surface area contributed by atoms with Gasteiger partial charge in [0.25, 0.3) is 0 Å². The Kier molecular flexibility index (Phi) is 3.75. The summed E-state index contributed by atoms with van der Waals surface area (Å²) in [6, 6.07) is 15.6. The zero-order valence-electron chi connectivity index (χ0n) is 10.5. The Balaban J connectivity index is 2.36. The first kappa shape index (κ1) is 12.3. The second-order valence-corrected chi connectivity index (χ2v) is 4.28. The van der Waals surface area contributed by atoms with Crippen LogP contribution in [0.1, 0.15) is 16.7 Å². The molecule has 0 heterocycles. The summed E-state index contributed by atoms with van der Waals surface area (Å²) >= 11 is 0. The fourth-order valence-electron chi connectivity index (χ4n) is 1.69. The van der Waals surface area contributed by atoms with Crippen molar-refractivity contribution in [2.45, 2.75) is 13.8 Å². The van der Waals surface area contributed by atoms with Crippen molar-refractivity contribution < 1.29 is 5.21 Å². The number of amidine groups is 1. The summed E-state index contributed by atoms with van der Waals surface area (Å²) in [5.41, 5.74) is 6.13. The van der Waals surface area contributed by atoms with Crippen molar-refractivity contribution in [3.8, 4) is 0 Å². The Morgan fingerprint density at radius 3 is 2.33 bits per heavy atom. The summed E-state index contributed by atoms with van der Waals surface area (Å²) in [5.74, 6) is 0.445. The minimum absolute atomic E-state index is 0.445. The van der Waals surface area contributed by atoms with Gasteiger partial charge in [-0.1, -0.05) is 42.0 Å². The van der Waals surface area contributed by atoms with Gasteiger partial charge in [0.05, 0.1) is 5.69 Å². The molecule has 0 unspecified atom stereocenters. The van der Waals surface area contributed by atoms with Crippen LogP contribution in [0, 0.1) is 13.8 Å². The van der Waals surface area contributed by atoms with Gasteiger partial charge in [-0.2, -0.15) is 0 Å². The van der Waals surface area contributed by atoms with Crippen LogP contribution in [0.2, 0.25) is 0 Å². The van der Waals surface area contributed by atoms with Crippen molar-refractivity contribution in [1.82, 2.24) is 5.48 Å². The van der Waals surface area contributed by atoms with Gasteiger partial charge in [-0.15, -0.1) is 0 Å². The molecule has 0 saturated heterocycles. The van der Waals surface area contributed by atoms with Crippen LogP contribution >= 0.6 is 0 Å². The number of rotatable bonds is 2. The van der Waals surface area contributed by atoms with Gasteiger partial charge in [0.15, 0.2) is 5.84 Å². The minimum Gasteiger partial charge on any atom is -0.290 e. The third-order valence-electron chi connectivity index (χ3n) is 2.67. The maximum absolute atomic E-state index is 9.20. The van der Waals surface area contributed by atoms with E-state index in [0.717, 1.165) is 16.8 Å². The van der Waals surface area contributed by atoms with Gasteiger partial charge >= 0.3 is 0 Å². The van der Waals surface area contributed by atoms with Gasteiger partial charge < -0.3 is 0 Å². The van der Waals surface area contributed by atoms with Crippen LogP contribution in [0.15, 0.2) is 53.5 Å². The van der Waals surface area contributed by atoms with Crippen LogP contribution in [0.4, 0.5) is 5.69 Å². The van der Waals surface area contributed by atoms with E-state index in [-0.39, 0.29) is 0 Å². The molecule has 0 aromatic heterocycles. The molecule has 2 rings (SSSR count). The van der Waals surface area contributed by atoms with E-state index in [1.807, 2.05) is 62.4 Å². The molecule has 0 aliphatic rings. The SMILES string of the molecule is Cc1ccc(C(=Nc2cccc(C)c2)NO)cc1. The van der Waals surface area contributed by atoms with E-state index in [4.69, 9.17) is 0 Å². The molecule has 0 amide bonds. The van der Waals surface area contributed by atoms with Gasteiger partial charge in [0, 0.05) is 5.56 Å². The number of aryl methyl sites for hydroxylation is 2. The number of hydrogen-bond donors (Lipinski definition) is 2. The van der Waals surface area contributed by atoms with Crippen molar-refractivity contribution in [3.63, 3.8) is 0 Å². The van der Waals surface area contributed by atoms with Crippen molar-refractivity contribution >= 4 is 11.5 Å². The summed E-state index contributed by atoms with van der Waals surface area (Å²) in [5, 5.41) is 9.20. The third-order valence-corrected chi connectivity index (χ3v) is 2.67. The summed E-state index contributed by atoms with van der Waals surface area (Å²) in [4.78, 5) is 4.39. The topological polar surface area (TPSA) is 44.6 Å². The molecular formula is C15H16N2O. The highest BCUT2D eigenvalue weighted by atomic mass is 16.5. The molecule has 2 N–H and O–H groups in total. The highest BCUT2D eigenvalue weighted by molar-refractivity contribution is 5.99. The summed E-state index contributed by atoms with van der Waals surface area (Å²) in [6.45, 7) is 4.03. The van der Waals surface area contributed by atoms with Crippen LogP contribution in [-0.2, 0) is 0 Å². The fourth-order valence-corrected chi connectivity index (χ4v) is 1.69. The number of hydrogen-bond acceptors (Lipinski definition) is 2. The standard InChI is InChI=1S/C15H16N2O/c1-11-6-8-13(9-7-11)15(17-18)16-14-5-3-4-12(2)10-14/h3-10,18H,1-2H3,(H,16,17). The Bertz CT molecular complexity index is 559. The van der Waals surface area contributed by atoms with E-state index < -0.39 is 0 Å². The van der Waals surface area contributed by atoms with Crippen LogP contribution in [0.5, 0.6) is 0 Å². The molecule has 0 fully saturated rings. The van der Waals surface area contributed by atoms with Crippen molar-refractivity contribution in [1.29, 1.82) is 0 Å². The zero-order chi connectivity index (χ0) is 13.0. The number of nitrogens with zero attached hydrogens (tertiary/aromatic N) is 1. The first-order valence-corrected chi connectivity index (χ1v) is 5.81. The summed E-state index contributed by atoms with van der Waals surface area (Å²) in [7, 11) is 0. The van der Waals surface area contributed by atoms with E-state index in [1.54, 1.807) is 0 Å². The second-order valence-electron chi connectivity index (χ2n) is 4.28. The number of hydroxylamine groups is 1. The third kappa shape index (κ3) is 2.96. The van der Waals surface area contributed by atoms with Crippen LogP contribution in [0.3, 0.4) is 0 Å². The maximum Gasteiger partial charge on any atom is 0.157 e. The fraction of sp³-hybridized carbons (Fsp3) is 0.133. The Hall–Kier alpha value is -2.13. The molecule has 0 radical (unpaired) electrons. The van der Waals surface area contributed by atoms with Gasteiger partial charge in [-0.25, -0.2) is 4.99 Å². The number of aliphatic imine (C=N–C) groups is 1. The lowest BCUT2D eigenvalue weighted by Crippen LogP contribution is -2.19. The van der Waals surface area contributed by atoms with Crippen LogP contribution in [-0.4, -0.2) is 11.0 Å². The Morgan fingerprint density at radius 1 is 1.00 bits per heavy atom. The molecule has 3 nitrogen and oxygen atoms in total. The van der Waals surface area contributed by atoms with Gasteiger partial charge in [0.1, 0.15) is 0 Å². The average molecular weight is 240 g/mol. The normalized spacial score (nSPS) is 11.4. The van der Waals surface area contributed by atoms with Crippen LogP contribution in [0.25, 0.3) is 0 Å². The molecule has 0 atom stereocenters. The molecule has 0 saturated carbocycles. The summed E-state index contributed by atoms with van der Waals surface area (Å²) < 4.78 is 0. The molecule has 2 aromatic carbocycles. The van der Waals surface area contributed by atoms with Crippen LogP contribution < -0.4 is 5.48 Å². The molecule has 3 heteroatoms. The van der Waals surface area contributed by atoms with Gasteiger partial charge in [-0.3, -0.25) is 10.7 Å². The maximum atomic E-state index is 9.20. The molecular weight excluding hydrogens is 224 g/mol. The smallest absolute Gasteiger partial charge is 0.157 e. The quantitative estimate of drug-likeness (QED) is 0.480. The summed E-state index contributed by atoms with van der Waals surface area (Å²) in [6.07, 6.45) is 0. The minimum atomic E-state index is 0.445. The zero-order valence-corrected chi connectivity index (χ0v) is 10.5. The highest BCUT2D eigenvalue weighted by Gasteiger charge is 2.02. The molecule has 0 bridgehead atoms. The average Bonchev–Trinajstić information content (AvgIpc) is 2.37. The Labute approximate surface area is 107 Å². The predicted octanol–water partition coefficient (Wildman–Crippen LogP) is 3.36. The lowest BCUT2D eigenvalue weighted by atomic mass is 10.1. The Morgan fingerprint density at radius 2 is 1.72 bits per heavy atom. The molecule has 0 aliphatic carbocycles. The molecule has 0 spiro atoms. The van der Waals surface area contributed by atoms with E-state index in [0.29, 0.717) is 5.84 Å². The van der Waals surface area contributed by atoms with E-state index in [9.17, 15) is 5.21 Å².